The Labute approximate surface area is 197 Å². The van der Waals surface area contributed by atoms with E-state index in [0.717, 1.165) is 24.2 Å². The normalized spacial score (nSPS) is 30.9. The largest absolute Gasteiger partial charge is 0.344 e. The topological polar surface area (TPSA) is 24.4 Å². The standard InChI is InChI=1S/C31H32N2/c1-3-9-25(10-4-1)31(26-11-5-2-6-12-26)27-13-7-8-14-28(27)32-29(33-31)21-30-18-22-15-23(19-30)17-24(16-22)20-30/h1-14,22-24H,15-21H2,(H,32,33). The molecule has 0 aromatic heterocycles. The van der Waals surface area contributed by atoms with E-state index >= 15 is 0 Å². The van der Waals surface area contributed by atoms with Gasteiger partial charge in [0, 0.05) is 17.7 Å². The summed E-state index contributed by atoms with van der Waals surface area (Å²) in [6.07, 6.45) is 9.77. The first kappa shape index (κ1) is 19.6. The van der Waals surface area contributed by atoms with Crippen LogP contribution in [0.15, 0.2) is 89.9 Å². The fourth-order valence-electron chi connectivity index (χ4n) is 8.26. The Morgan fingerprint density at radius 2 is 1.18 bits per heavy atom. The molecule has 1 aliphatic heterocycles. The lowest BCUT2D eigenvalue weighted by Gasteiger charge is -2.57. The first-order valence-electron chi connectivity index (χ1n) is 12.8. The van der Waals surface area contributed by atoms with Gasteiger partial charge in [0.1, 0.15) is 11.4 Å². The number of nitrogens with zero attached hydrogens (tertiary/aromatic N) is 1. The molecule has 33 heavy (non-hydrogen) atoms. The molecule has 4 bridgehead atoms. The third-order valence-corrected chi connectivity index (χ3v) is 8.99. The molecule has 4 saturated carbocycles. The number of hydrogen-bond donors (Lipinski definition) is 1. The van der Waals surface area contributed by atoms with Crippen molar-refractivity contribution in [3.05, 3.63) is 102 Å². The van der Waals surface area contributed by atoms with Crippen molar-refractivity contribution in [2.45, 2.75) is 50.5 Å². The van der Waals surface area contributed by atoms with Crippen LogP contribution in [0.5, 0.6) is 0 Å². The predicted octanol–water partition coefficient (Wildman–Crippen LogP) is 7.41. The minimum atomic E-state index is -0.512. The molecule has 4 fully saturated rings. The van der Waals surface area contributed by atoms with Gasteiger partial charge in [-0.05, 0) is 78.9 Å². The summed E-state index contributed by atoms with van der Waals surface area (Å²) in [5.41, 5.74) is 4.88. The van der Waals surface area contributed by atoms with Crippen molar-refractivity contribution in [1.82, 2.24) is 0 Å². The van der Waals surface area contributed by atoms with E-state index in [2.05, 4.69) is 90.2 Å². The fraction of sp³-hybridized carbons (Fsp3) is 0.387. The van der Waals surface area contributed by atoms with E-state index in [1.165, 1.54) is 66.7 Å². The molecule has 3 aromatic carbocycles. The van der Waals surface area contributed by atoms with Gasteiger partial charge in [0.15, 0.2) is 0 Å². The lowest BCUT2D eigenvalue weighted by molar-refractivity contribution is -0.0482. The zero-order chi connectivity index (χ0) is 21.9. The maximum Gasteiger partial charge on any atom is 0.140 e. The third-order valence-electron chi connectivity index (χ3n) is 8.99. The molecule has 3 aromatic rings. The summed E-state index contributed by atoms with van der Waals surface area (Å²) in [7, 11) is 0. The van der Waals surface area contributed by atoms with Gasteiger partial charge in [0.05, 0.1) is 0 Å². The Kier molecular flexibility index (Phi) is 4.34. The molecule has 5 aliphatic rings. The molecule has 8 rings (SSSR count). The number of hydrogen-bond acceptors (Lipinski definition) is 2. The molecule has 1 heterocycles. The maximum atomic E-state index is 5.68. The molecule has 1 N–H and O–H groups in total. The van der Waals surface area contributed by atoms with Crippen LogP contribution in [-0.2, 0) is 5.54 Å². The molecule has 0 atom stereocenters. The zero-order valence-corrected chi connectivity index (χ0v) is 19.2. The molecule has 2 nitrogen and oxygen atoms in total. The zero-order valence-electron chi connectivity index (χ0n) is 19.2. The van der Waals surface area contributed by atoms with Gasteiger partial charge < -0.3 is 5.32 Å². The Balaban J connectivity index is 1.39. The average Bonchev–Trinajstić information content (AvgIpc) is 2.83. The van der Waals surface area contributed by atoms with E-state index < -0.39 is 5.54 Å². The first-order valence-corrected chi connectivity index (χ1v) is 12.8. The second kappa shape index (κ2) is 7.32. The highest BCUT2D eigenvalue weighted by molar-refractivity contribution is 6.00. The van der Waals surface area contributed by atoms with Crippen molar-refractivity contribution < 1.29 is 0 Å². The quantitative estimate of drug-likeness (QED) is 0.456. The summed E-state index contributed by atoms with van der Waals surface area (Å²) < 4.78 is 0. The van der Waals surface area contributed by atoms with Crippen LogP contribution in [0.25, 0.3) is 0 Å². The second-order valence-electron chi connectivity index (χ2n) is 11.3. The van der Waals surface area contributed by atoms with E-state index in [-0.39, 0.29) is 0 Å². The van der Waals surface area contributed by atoms with Gasteiger partial charge in [-0.3, -0.25) is 4.99 Å². The van der Waals surface area contributed by atoms with Gasteiger partial charge in [-0.25, -0.2) is 0 Å². The summed E-state index contributed by atoms with van der Waals surface area (Å²) in [6.45, 7) is 0. The molecule has 0 amide bonds. The van der Waals surface area contributed by atoms with Gasteiger partial charge in [-0.1, -0.05) is 78.9 Å². The number of benzene rings is 3. The Bertz CT molecular complexity index is 1120. The van der Waals surface area contributed by atoms with E-state index in [1.807, 2.05) is 0 Å². The number of rotatable bonds is 4. The summed E-state index contributed by atoms with van der Waals surface area (Å²) in [5.74, 6) is 4.06. The molecule has 0 unspecified atom stereocenters. The van der Waals surface area contributed by atoms with Gasteiger partial charge in [-0.15, -0.1) is 0 Å². The predicted molar refractivity (Wildman–Crippen MR) is 135 cm³/mol. The monoisotopic (exact) mass is 432 g/mol. The highest BCUT2D eigenvalue weighted by Gasteiger charge is 2.52. The molecule has 0 spiro atoms. The van der Waals surface area contributed by atoms with Crippen LogP contribution >= 0.6 is 0 Å². The second-order valence-corrected chi connectivity index (χ2v) is 11.3. The summed E-state index contributed by atoms with van der Waals surface area (Å²) >= 11 is 0. The van der Waals surface area contributed by atoms with Gasteiger partial charge in [0.2, 0.25) is 0 Å². The number of aliphatic imine (C=N–C) groups is 1. The van der Waals surface area contributed by atoms with Gasteiger partial charge in [0.25, 0.3) is 0 Å². The molecule has 4 aliphatic carbocycles. The number of nitrogens with one attached hydrogen (secondary N) is 1. The van der Waals surface area contributed by atoms with E-state index in [9.17, 15) is 0 Å². The van der Waals surface area contributed by atoms with Crippen molar-refractivity contribution in [3.63, 3.8) is 0 Å². The Morgan fingerprint density at radius 3 is 1.76 bits per heavy atom. The molecular formula is C31H32N2. The lowest BCUT2D eigenvalue weighted by atomic mass is 9.48. The van der Waals surface area contributed by atoms with E-state index in [0.29, 0.717) is 5.41 Å². The number of amidine groups is 1. The van der Waals surface area contributed by atoms with Crippen LogP contribution in [-0.4, -0.2) is 5.84 Å². The van der Waals surface area contributed by atoms with E-state index in [1.54, 1.807) is 0 Å². The van der Waals surface area contributed by atoms with E-state index in [4.69, 9.17) is 4.99 Å². The highest BCUT2D eigenvalue weighted by atomic mass is 15.1. The SMILES string of the molecule is c1ccc(C2(c3ccccc3)N=C(CC34CC5CC(CC(C5)C3)C4)Nc3ccccc32)cc1. The summed E-state index contributed by atoms with van der Waals surface area (Å²) in [4.78, 5) is 5.68. The average molecular weight is 433 g/mol. The van der Waals surface area contributed by atoms with Crippen LogP contribution in [0.4, 0.5) is 5.69 Å². The Morgan fingerprint density at radius 1 is 0.667 bits per heavy atom. The third kappa shape index (κ3) is 3.10. The van der Waals surface area contributed by atoms with Crippen molar-refractivity contribution >= 4 is 11.5 Å². The summed E-state index contributed by atoms with van der Waals surface area (Å²) in [5, 5.41) is 3.82. The molecule has 2 heteroatoms. The highest BCUT2D eigenvalue weighted by Crippen LogP contribution is 2.61. The van der Waals surface area contributed by atoms with Crippen LogP contribution < -0.4 is 5.32 Å². The minimum absolute atomic E-state index is 0.450. The Hall–Kier alpha value is -2.87. The van der Waals surface area contributed by atoms with Crippen LogP contribution in [0, 0.1) is 23.2 Å². The van der Waals surface area contributed by atoms with Crippen molar-refractivity contribution in [1.29, 1.82) is 0 Å². The minimum Gasteiger partial charge on any atom is -0.344 e. The first-order chi connectivity index (χ1) is 16.2. The number of para-hydroxylation sites is 1. The maximum absolute atomic E-state index is 5.68. The van der Waals surface area contributed by atoms with Gasteiger partial charge in [-0.2, -0.15) is 0 Å². The number of fused-ring (bicyclic) bond motifs is 1. The molecule has 0 saturated heterocycles. The smallest absolute Gasteiger partial charge is 0.140 e. The van der Waals surface area contributed by atoms with Crippen molar-refractivity contribution in [2.24, 2.45) is 28.2 Å². The van der Waals surface area contributed by atoms with Crippen molar-refractivity contribution in [3.8, 4) is 0 Å². The fourth-order valence-corrected chi connectivity index (χ4v) is 8.26. The number of anilines is 1. The van der Waals surface area contributed by atoms with Crippen LogP contribution in [0.2, 0.25) is 0 Å². The lowest BCUT2D eigenvalue weighted by Crippen LogP contribution is -2.48. The summed E-state index contributed by atoms with van der Waals surface area (Å²) in [6, 6.07) is 30.6. The van der Waals surface area contributed by atoms with Crippen LogP contribution in [0.1, 0.15) is 61.6 Å². The van der Waals surface area contributed by atoms with Crippen LogP contribution in [0.3, 0.4) is 0 Å². The van der Waals surface area contributed by atoms with Crippen molar-refractivity contribution in [2.75, 3.05) is 5.32 Å². The molecular weight excluding hydrogens is 400 g/mol. The molecule has 166 valence electrons. The molecule has 0 radical (unpaired) electrons. The van der Waals surface area contributed by atoms with Gasteiger partial charge >= 0.3 is 0 Å².